The first kappa shape index (κ1) is 15.8. The van der Waals surface area contributed by atoms with Crippen molar-refractivity contribution in [2.24, 2.45) is 0 Å². The lowest BCUT2D eigenvalue weighted by Gasteiger charge is -2.29. The molecule has 1 N–H and O–H groups in total. The van der Waals surface area contributed by atoms with Crippen LogP contribution in [-0.4, -0.2) is 32.2 Å². The van der Waals surface area contributed by atoms with Crippen LogP contribution in [0.2, 0.25) is 5.02 Å². The van der Waals surface area contributed by atoms with Gasteiger partial charge in [0, 0.05) is 35.9 Å². The predicted octanol–water partition coefficient (Wildman–Crippen LogP) is 3.11. The third-order valence-electron chi connectivity index (χ3n) is 3.85. The number of ether oxygens (including phenoxy) is 1. The summed E-state index contributed by atoms with van der Waals surface area (Å²) in [5, 5.41) is 3.63. The molecule has 1 aliphatic heterocycles. The van der Waals surface area contributed by atoms with Crippen LogP contribution >= 0.6 is 11.6 Å². The molecule has 1 saturated heterocycles. The summed E-state index contributed by atoms with van der Waals surface area (Å²) in [6, 6.07) is 15.2. The summed E-state index contributed by atoms with van der Waals surface area (Å²) < 4.78 is 5.36. The number of halogens is 1. The fourth-order valence-corrected chi connectivity index (χ4v) is 2.68. The lowest BCUT2D eigenvalue weighted by molar-refractivity contribution is 0.0951. The molecule has 2 aromatic carbocycles. The molecule has 0 radical (unpaired) electrons. The number of nitrogens with one attached hydrogen (secondary N) is 1. The largest absolute Gasteiger partial charge is 0.378 e. The number of nitrogens with zero attached hydrogens (tertiary/aromatic N) is 1. The number of hydrogen-bond acceptors (Lipinski definition) is 3. The van der Waals surface area contributed by atoms with Crippen LogP contribution in [0.3, 0.4) is 0 Å². The number of rotatable bonds is 4. The normalized spacial score (nSPS) is 14.6. The van der Waals surface area contributed by atoms with Gasteiger partial charge in [-0.25, -0.2) is 0 Å². The van der Waals surface area contributed by atoms with E-state index in [-0.39, 0.29) is 5.91 Å². The molecule has 0 unspecified atom stereocenters. The van der Waals surface area contributed by atoms with E-state index in [0.717, 1.165) is 37.6 Å². The Morgan fingerprint density at radius 1 is 1.13 bits per heavy atom. The number of carbonyl (C=O) groups excluding carboxylic acids is 1. The second kappa shape index (κ2) is 7.49. The molecule has 0 saturated carbocycles. The fourth-order valence-electron chi connectivity index (χ4n) is 2.55. The Balaban J connectivity index is 1.63. The van der Waals surface area contributed by atoms with Crippen molar-refractivity contribution in [3.05, 3.63) is 64.7 Å². The molecule has 1 amide bonds. The maximum absolute atomic E-state index is 12.3. The highest BCUT2D eigenvalue weighted by Crippen LogP contribution is 2.17. The maximum Gasteiger partial charge on any atom is 0.251 e. The van der Waals surface area contributed by atoms with Crippen molar-refractivity contribution in [2.75, 3.05) is 31.2 Å². The number of benzene rings is 2. The topological polar surface area (TPSA) is 41.6 Å². The van der Waals surface area contributed by atoms with Crippen LogP contribution in [0.5, 0.6) is 0 Å². The second-order valence-electron chi connectivity index (χ2n) is 5.46. The van der Waals surface area contributed by atoms with E-state index in [1.807, 2.05) is 48.5 Å². The zero-order valence-electron chi connectivity index (χ0n) is 12.8. The molecule has 1 aliphatic rings. The van der Waals surface area contributed by atoms with Crippen molar-refractivity contribution in [1.29, 1.82) is 0 Å². The Kier molecular flexibility index (Phi) is 5.16. The van der Waals surface area contributed by atoms with Crippen LogP contribution < -0.4 is 10.2 Å². The molecule has 1 heterocycles. The first-order valence-electron chi connectivity index (χ1n) is 7.68. The maximum atomic E-state index is 12.3. The van der Waals surface area contributed by atoms with Gasteiger partial charge in [0.1, 0.15) is 0 Å². The van der Waals surface area contributed by atoms with Gasteiger partial charge in [-0.05, 0) is 35.9 Å². The monoisotopic (exact) mass is 330 g/mol. The van der Waals surface area contributed by atoms with Crippen LogP contribution in [0.1, 0.15) is 15.9 Å². The van der Waals surface area contributed by atoms with E-state index in [4.69, 9.17) is 16.3 Å². The van der Waals surface area contributed by atoms with Crippen molar-refractivity contribution >= 4 is 23.2 Å². The molecule has 120 valence electrons. The summed E-state index contributed by atoms with van der Waals surface area (Å²) in [5.41, 5.74) is 2.75. The van der Waals surface area contributed by atoms with Crippen LogP contribution in [-0.2, 0) is 11.3 Å². The highest BCUT2D eigenvalue weighted by Gasteiger charge is 2.13. The van der Waals surface area contributed by atoms with E-state index in [0.29, 0.717) is 17.1 Å². The van der Waals surface area contributed by atoms with Gasteiger partial charge in [0.2, 0.25) is 0 Å². The Labute approximate surface area is 141 Å². The fraction of sp³-hybridized carbons (Fsp3) is 0.278. The number of anilines is 1. The van der Waals surface area contributed by atoms with E-state index in [1.165, 1.54) is 0 Å². The minimum atomic E-state index is -0.0740. The lowest BCUT2D eigenvalue weighted by atomic mass is 10.1. The number of amides is 1. The smallest absolute Gasteiger partial charge is 0.251 e. The lowest BCUT2D eigenvalue weighted by Crippen LogP contribution is -2.36. The van der Waals surface area contributed by atoms with E-state index < -0.39 is 0 Å². The van der Waals surface area contributed by atoms with Crippen LogP contribution in [0.25, 0.3) is 0 Å². The molecule has 23 heavy (non-hydrogen) atoms. The van der Waals surface area contributed by atoms with Crippen LogP contribution in [0.4, 0.5) is 5.69 Å². The third kappa shape index (κ3) is 4.24. The Morgan fingerprint density at radius 3 is 2.61 bits per heavy atom. The Morgan fingerprint density at radius 2 is 1.87 bits per heavy atom. The quantitative estimate of drug-likeness (QED) is 0.936. The van der Waals surface area contributed by atoms with Gasteiger partial charge in [-0.1, -0.05) is 29.8 Å². The van der Waals surface area contributed by atoms with Crippen molar-refractivity contribution in [3.63, 3.8) is 0 Å². The van der Waals surface area contributed by atoms with E-state index in [1.54, 1.807) is 0 Å². The first-order valence-corrected chi connectivity index (χ1v) is 8.05. The SMILES string of the molecule is O=C(NCc1ccc(Cl)cc1)c1cccc(N2CCOCC2)c1. The molecule has 5 heteroatoms. The van der Waals surface area contributed by atoms with Gasteiger partial charge < -0.3 is 15.0 Å². The molecular weight excluding hydrogens is 312 g/mol. The summed E-state index contributed by atoms with van der Waals surface area (Å²) in [5.74, 6) is -0.0740. The zero-order chi connectivity index (χ0) is 16.1. The first-order chi connectivity index (χ1) is 11.2. The minimum Gasteiger partial charge on any atom is -0.378 e. The molecule has 3 rings (SSSR count). The molecule has 0 atom stereocenters. The summed E-state index contributed by atoms with van der Waals surface area (Å²) in [6.07, 6.45) is 0. The molecule has 0 aromatic heterocycles. The molecule has 0 bridgehead atoms. The standard InChI is InChI=1S/C18H19ClN2O2/c19-16-6-4-14(5-7-16)13-20-18(22)15-2-1-3-17(12-15)21-8-10-23-11-9-21/h1-7,12H,8-11,13H2,(H,20,22). The van der Waals surface area contributed by atoms with Gasteiger partial charge in [0.05, 0.1) is 13.2 Å². The summed E-state index contributed by atoms with van der Waals surface area (Å²) in [6.45, 7) is 3.66. The van der Waals surface area contributed by atoms with Gasteiger partial charge in [0.25, 0.3) is 5.91 Å². The van der Waals surface area contributed by atoms with E-state index in [9.17, 15) is 4.79 Å². The van der Waals surface area contributed by atoms with Crippen LogP contribution in [0, 0.1) is 0 Å². The average molecular weight is 331 g/mol. The Hall–Kier alpha value is -2.04. The molecule has 2 aromatic rings. The minimum absolute atomic E-state index is 0.0740. The Bertz CT molecular complexity index is 667. The van der Waals surface area contributed by atoms with Gasteiger partial charge in [-0.3, -0.25) is 4.79 Å². The molecular formula is C18H19ClN2O2. The molecule has 0 spiro atoms. The summed E-state index contributed by atoms with van der Waals surface area (Å²) in [7, 11) is 0. The summed E-state index contributed by atoms with van der Waals surface area (Å²) in [4.78, 5) is 14.6. The summed E-state index contributed by atoms with van der Waals surface area (Å²) >= 11 is 5.86. The van der Waals surface area contributed by atoms with Crippen molar-refractivity contribution < 1.29 is 9.53 Å². The van der Waals surface area contributed by atoms with Crippen molar-refractivity contribution in [2.45, 2.75) is 6.54 Å². The van der Waals surface area contributed by atoms with Gasteiger partial charge >= 0.3 is 0 Å². The number of morpholine rings is 1. The van der Waals surface area contributed by atoms with E-state index >= 15 is 0 Å². The predicted molar refractivity (Wildman–Crippen MR) is 92.1 cm³/mol. The molecule has 0 aliphatic carbocycles. The van der Waals surface area contributed by atoms with Crippen molar-refractivity contribution in [3.8, 4) is 0 Å². The zero-order valence-corrected chi connectivity index (χ0v) is 13.6. The van der Waals surface area contributed by atoms with Gasteiger partial charge in [-0.2, -0.15) is 0 Å². The second-order valence-corrected chi connectivity index (χ2v) is 5.90. The highest BCUT2D eigenvalue weighted by atomic mass is 35.5. The number of hydrogen-bond donors (Lipinski definition) is 1. The third-order valence-corrected chi connectivity index (χ3v) is 4.10. The van der Waals surface area contributed by atoms with Gasteiger partial charge in [0.15, 0.2) is 0 Å². The number of carbonyl (C=O) groups is 1. The molecule has 1 fully saturated rings. The highest BCUT2D eigenvalue weighted by molar-refractivity contribution is 6.30. The van der Waals surface area contributed by atoms with Crippen molar-refractivity contribution in [1.82, 2.24) is 5.32 Å². The molecule has 4 nitrogen and oxygen atoms in total. The van der Waals surface area contributed by atoms with E-state index in [2.05, 4.69) is 10.2 Å². The van der Waals surface area contributed by atoms with Crippen LogP contribution in [0.15, 0.2) is 48.5 Å². The van der Waals surface area contributed by atoms with Gasteiger partial charge in [-0.15, -0.1) is 0 Å². The average Bonchev–Trinajstić information content (AvgIpc) is 2.62.